The van der Waals surface area contributed by atoms with Gasteiger partial charge in [-0.2, -0.15) is 0 Å². The number of carbonyl (C=O) groups excluding carboxylic acids is 3. The summed E-state index contributed by atoms with van der Waals surface area (Å²) in [5.41, 5.74) is 0.910. The van der Waals surface area contributed by atoms with Gasteiger partial charge in [-0.15, -0.1) is 0 Å². The Kier molecular flexibility index (Phi) is 5.07. The molecule has 0 unspecified atom stereocenters. The summed E-state index contributed by atoms with van der Waals surface area (Å²) in [6.07, 6.45) is -0.191. The van der Waals surface area contributed by atoms with Crippen LogP contribution < -0.4 is 4.74 Å². The molecule has 1 atom stereocenters. The normalized spacial score (nSPS) is 14.6. The number of ether oxygens (including phenoxy) is 2. The van der Waals surface area contributed by atoms with E-state index in [1.807, 2.05) is 0 Å². The van der Waals surface area contributed by atoms with E-state index in [0.717, 1.165) is 0 Å². The predicted octanol–water partition coefficient (Wildman–Crippen LogP) is 3.08. The third-order valence-electron chi connectivity index (χ3n) is 4.60. The number of ketones is 2. The van der Waals surface area contributed by atoms with Crippen molar-refractivity contribution in [3.8, 4) is 5.75 Å². The lowest BCUT2D eigenvalue weighted by atomic mass is 9.78. The smallest absolute Gasteiger partial charge is 0.306 e. The minimum absolute atomic E-state index is 0.103. The standard InChI is InChI=1S/C21H18O6/c1-26-13-9-7-12(8-10-13)16(11-17(22)27-2)18-19(23)14-5-3-4-6-15(14)20(24)21(18)25/h3-10,16,23H,11H2,1-2H3/t16-/m1/s1. The second-order valence-corrected chi connectivity index (χ2v) is 6.07. The SMILES string of the molecule is COC(=O)C[C@@H](C1=C(O)c2ccccc2C(=O)C1=O)c1ccc(OC)cc1. The molecular weight excluding hydrogens is 348 g/mol. The summed E-state index contributed by atoms with van der Waals surface area (Å²) in [6.45, 7) is 0. The van der Waals surface area contributed by atoms with Gasteiger partial charge in [0.05, 0.1) is 26.2 Å². The number of Topliss-reactive ketones (excluding diaryl/α,β-unsaturated/α-hetero) is 2. The summed E-state index contributed by atoms with van der Waals surface area (Å²) in [4.78, 5) is 37.2. The number of methoxy groups -OCH3 is 2. The Hall–Kier alpha value is -3.41. The first-order valence-corrected chi connectivity index (χ1v) is 8.30. The molecule has 1 N–H and O–H groups in total. The van der Waals surface area contributed by atoms with Crippen molar-refractivity contribution in [2.45, 2.75) is 12.3 Å². The van der Waals surface area contributed by atoms with E-state index in [-0.39, 0.29) is 28.9 Å². The number of rotatable bonds is 5. The highest BCUT2D eigenvalue weighted by Gasteiger charge is 2.38. The molecular formula is C21H18O6. The summed E-state index contributed by atoms with van der Waals surface area (Å²) in [6, 6.07) is 13.1. The fourth-order valence-electron chi connectivity index (χ4n) is 3.18. The highest BCUT2D eigenvalue weighted by Crippen LogP contribution is 2.38. The molecule has 0 fully saturated rings. The van der Waals surface area contributed by atoms with Crippen molar-refractivity contribution in [1.29, 1.82) is 0 Å². The van der Waals surface area contributed by atoms with Crippen LogP contribution in [0.5, 0.6) is 5.75 Å². The molecule has 0 bridgehead atoms. The maximum atomic E-state index is 12.8. The van der Waals surface area contributed by atoms with Crippen LogP contribution in [0.25, 0.3) is 5.76 Å². The van der Waals surface area contributed by atoms with E-state index in [1.54, 1.807) is 42.5 Å². The average Bonchev–Trinajstić information content (AvgIpc) is 2.71. The molecule has 0 amide bonds. The van der Waals surface area contributed by atoms with Crippen LogP contribution in [-0.4, -0.2) is 36.9 Å². The lowest BCUT2D eigenvalue weighted by Crippen LogP contribution is -2.28. The molecule has 2 aromatic carbocycles. The van der Waals surface area contributed by atoms with E-state index in [9.17, 15) is 19.5 Å². The first kappa shape index (κ1) is 18.4. The van der Waals surface area contributed by atoms with Crippen molar-refractivity contribution >= 4 is 23.3 Å². The monoisotopic (exact) mass is 366 g/mol. The molecule has 0 saturated heterocycles. The third-order valence-corrected chi connectivity index (χ3v) is 4.60. The number of hydrogen-bond donors (Lipinski definition) is 1. The van der Waals surface area contributed by atoms with Gasteiger partial charge in [-0.1, -0.05) is 36.4 Å². The van der Waals surface area contributed by atoms with Crippen molar-refractivity contribution in [3.05, 3.63) is 70.8 Å². The van der Waals surface area contributed by atoms with Crippen LogP contribution in [0.2, 0.25) is 0 Å². The Morgan fingerprint density at radius 3 is 2.19 bits per heavy atom. The number of esters is 1. The zero-order valence-corrected chi connectivity index (χ0v) is 14.9. The van der Waals surface area contributed by atoms with Gasteiger partial charge in [-0.05, 0) is 17.7 Å². The van der Waals surface area contributed by atoms with Gasteiger partial charge in [-0.25, -0.2) is 0 Å². The van der Waals surface area contributed by atoms with Crippen LogP contribution in [0.4, 0.5) is 0 Å². The molecule has 0 aromatic heterocycles. The molecule has 0 spiro atoms. The number of allylic oxidation sites excluding steroid dienone is 1. The van der Waals surface area contributed by atoms with Gasteiger partial charge in [0.2, 0.25) is 11.6 Å². The van der Waals surface area contributed by atoms with E-state index in [1.165, 1.54) is 20.3 Å². The van der Waals surface area contributed by atoms with E-state index in [0.29, 0.717) is 11.3 Å². The van der Waals surface area contributed by atoms with Crippen molar-refractivity contribution in [1.82, 2.24) is 0 Å². The number of benzene rings is 2. The first-order valence-electron chi connectivity index (χ1n) is 8.30. The summed E-state index contributed by atoms with van der Waals surface area (Å²) in [5, 5.41) is 10.8. The summed E-state index contributed by atoms with van der Waals surface area (Å²) in [5.74, 6) is -2.61. The molecule has 6 nitrogen and oxygen atoms in total. The van der Waals surface area contributed by atoms with Gasteiger partial charge in [0.25, 0.3) is 0 Å². The Morgan fingerprint density at radius 1 is 0.963 bits per heavy atom. The highest BCUT2D eigenvalue weighted by atomic mass is 16.5. The number of hydrogen-bond acceptors (Lipinski definition) is 6. The maximum Gasteiger partial charge on any atom is 0.306 e. The Labute approximate surface area is 156 Å². The molecule has 0 heterocycles. The topological polar surface area (TPSA) is 89.9 Å². The van der Waals surface area contributed by atoms with E-state index >= 15 is 0 Å². The highest BCUT2D eigenvalue weighted by molar-refractivity contribution is 6.52. The summed E-state index contributed by atoms with van der Waals surface area (Å²) < 4.78 is 9.87. The van der Waals surface area contributed by atoms with Crippen LogP contribution in [-0.2, 0) is 14.3 Å². The van der Waals surface area contributed by atoms with Crippen LogP contribution in [0.1, 0.15) is 33.8 Å². The van der Waals surface area contributed by atoms with Crippen molar-refractivity contribution in [2.24, 2.45) is 0 Å². The zero-order valence-electron chi connectivity index (χ0n) is 14.9. The van der Waals surface area contributed by atoms with Crippen molar-refractivity contribution in [2.75, 3.05) is 14.2 Å². The van der Waals surface area contributed by atoms with Gasteiger partial charge >= 0.3 is 5.97 Å². The van der Waals surface area contributed by atoms with Gasteiger partial charge in [0.15, 0.2) is 0 Å². The molecule has 138 valence electrons. The second-order valence-electron chi connectivity index (χ2n) is 6.07. The minimum atomic E-state index is -0.826. The number of carbonyl (C=O) groups is 3. The van der Waals surface area contributed by atoms with Crippen LogP contribution in [0.3, 0.4) is 0 Å². The quantitative estimate of drug-likeness (QED) is 0.646. The fraction of sp³-hybridized carbons (Fsp3) is 0.190. The zero-order chi connectivity index (χ0) is 19.6. The van der Waals surface area contributed by atoms with Gasteiger partial charge < -0.3 is 14.6 Å². The van der Waals surface area contributed by atoms with E-state index in [2.05, 4.69) is 0 Å². The molecule has 2 aromatic rings. The second kappa shape index (κ2) is 7.45. The Morgan fingerprint density at radius 2 is 1.59 bits per heavy atom. The molecule has 1 aliphatic carbocycles. The molecule has 0 aliphatic heterocycles. The van der Waals surface area contributed by atoms with Crippen molar-refractivity contribution in [3.63, 3.8) is 0 Å². The molecule has 27 heavy (non-hydrogen) atoms. The molecule has 6 heteroatoms. The van der Waals surface area contributed by atoms with E-state index < -0.39 is 23.5 Å². The van der Waals surface area contributed by atoms with Crippen LogP contribution in [0.15, 0.2) is 54.1 Å². The van der Waals surface area contributed by atoms with Crippen LogP contribution in [0, 0.1) is 0 Å². The molecule has 1 aliphatic rings. The van der Waals surface area contributed by atoms with Gasteiger partial charge in [0, 0.05) is 17.0 Å². The number of aliphatic hydroxyl groups excluding tert-OH is 1. The molecule has 0 radical (unpaired) electrons. The molecule has 0 saturated carbocycles. The predicted molar refractivity (Wildman–Crippen MR) is 97.7 cm³/mol. The van der Waals surface area contributed by atoms with Gasteiger partial charge in [-0.3, -0.25) is 14.4 Å². The van der Waals surface area contributed by atoms with E-state index in [4.69, 9.17) is 9.47 Å². The maximum absolute atomic E-state index is 12.8. The third kappa shape index (κ3) is 3.33. The Balaban J connectivity index is 2.17. The fourth-order valence-corrected chi connectivity index (χ4v) is 3.18. The lowest BCUT2D eigenvalue weighted by molar-refractivity contribution is -0.140. The van der Waals surface area contributed by atoms with Crippen molar-refractivity contribution < 1.29 is 29.0 Å². The summed E-state index contributed by atoms with van der Waals surface area (Å²) >= 11 is 0. The van der Waals surface area contributed by atoms with Gasteiger partial charge in [0.1, 0.15) is 11.5 Å². The minimum Gasteiger partial charge on any atom is -0.507 e. The average molecular weight is 366 g/mol. The first-order chi connectivity index (χ1) is 13.0. The molecule has 3 rings (SSSR count). The van der Waals surface area contributed by atoms with Crippen LogP contribution >= 0.6 is 0 Å². The largest absolute Gasteiger partial charge is 0.507 e. The Bertz CT molecular complexity index is 939. The number of aliphatic hydroxyl groups is 1. The summed E-state index contributed by atoms with van der Waals surface area (Å²) in [7, 11) is 2.76. The number of fused-ring (bicyclic) bond motifs is 1. The lowest BCUT2D eigenvalue weighted by Gasteiger charge is -2.24.